The quantitative estimate of drug-likeness (QED) is 0.582. The van der Waals surface area contributed by atoms with Crippen LogP contribution in [0.25, 0.3) is 0 Å². The number of hydrogen-bond donors (Lipinski definition) is 0. The molecule has 1 saturated heterocycles. The second-order valence-corrected chi connectivity index (χ2v) is 6.35. The van der Waals surface area contributed by atoms with Crippen LogP contribution in [0, 0.1) is 5.92 Å². The number of alkyl halides is 1. The van der Waals surface area contributed by atoms with Crippen molar-refractivity contribution in [2.24, 2.45) is 5.92 Å². The van der Waals surface area contributed by atoms with Gasteiger partial charge < -0.3 is 9.47 Å². The predicted molar refractivity (Wildman–Crippen MR) is 56.5 cm³/mol. The first kappa shape index (κ1) is 10.7. The average molecular weight is 219 g/mol. The Morgan fingerprint density at radius 1 is 1.14 bits per heavy atom. The first-order valence-corrected chi connectivity index (χ1v) is 5.71. The third kappa shape index (κ3) is 1.93. The van der Waals surface area contributed by atoms with Crippen molar-refractivity contribution in [3.63, 3.8) is 0 Å². The van der Waals surface area contributed by atoms with Crippen LogP contribution in [0.2, 0.25) is 0 Å². The molecule has 1 heterocycles. The van der Waals surface area contributed by atoms with Gasteiger partial charge in [-0.15, -0.1) is 11.6 Å². The van der Waals surface area contributed by atoms with Crippen LogP contribution in [0.5, 0.6) is 0 Å². The largest absolute Gasteiger partial charge is 0.345 e. The molecule has 0 spiro atoms. The minimum absolute atomic E-state index is 0.121. The second-order valence-electron chi connectivity index (χ2n) is 5.44. The maximum Gasteiger partial charge on any atom is 0.163 e. The van der Waals surface area contributed by atoms with E-state index in [0.717, 1.165) is 12.8 Å². The number of hydrogen-bond acceptors (Lipinski definition) is 2. The van der Waals surface area contributed by atoms with E-state index in [0.29, 0.717) is 5.92 Å². The van der Waals surface area contributed by atoms with E-state index < -0.39 is 5.79 Å². The highest BCUT2D eigenvalue weighted by molar-refractivity contribution is 6.23. The van der Waals surface area contributed by atoms with E-state index in [1.807, 2.05) is 13.8 Å². The Balaban J connectivity index is 2.15. The number of fused-ring (bicyclic) bond motifs is 1. The van der Waals surface area contributed by atoms with Crippen molar-refractivity contribution in [1.29, 1.82) is 0 Å². The molecular weight excluding hydrogens is 200 g/mol. The van der Waals surface area contributed by atoms with Crippen molar-refractivity contribution in [2.45, 2.75) is 63.4 Å². The third-order valence-electron chi connectivity index (χ3n) is 3.16. The fourth-order valence-electron chi connectivity index (χ4n) is 2.79. The molecule has 0 aromatic heterocycles. The summed E-state index contributed by atoms with van der Waals surface area (Å²) < 4.78 is 11.7. The van der Waals surface area contributed by atoms with Crippen molar-refractivity contribution >= 4 is 11.6 Å². The molecule has 1 saturated carbocycles. The molecule has 2 aliphatic rings. The summed E-state index contributed by atoms with van der Waals surface area (Å²) >= 11 is 6.39. The topological polar surface area (TPSA) is 18.5 Å². The summed E-state index contributed by atoms with van der Waals surface area (Å²) in [7, 11) is 0. The Kier molecular flexibility index (Phi) is 2.37. The smallest absolute Gasteiger partial charge is 0.163 e. The molecular formula is C11H19ClO2. The zero-order valence-corrected chi connectivity index (χ0v) is 10.1. The highest BCUT2D eigenvalue weighted by Gasteiger charge is 2.50. The number of halogens is 1. The fraction of sp³-hybridized carbons (Fsp3) is 1.00. The lowest BCUT2D eigenvalue weighted by Crippen LogP contribution is -2.43. The minimum Gasteiger partial charge on any atom is -0.345 e. The molecule has 1 aliphatic carbocycles. The summed E-state index contributed by atoms with van der Waals surface area (Å²) in [4.78, 5) is -0.121. The Hall–Kier alpha value is 0.210. The first-order valence-electron chi connectivity index (χ1n) is 5.34. The van der Waals surface area contributed by atoms with Crippen LogP contribution >= 0.6 is 11.6 Å². The monoisotopic (exact) mass is 218 g/mol. The molecule has 0 amide bonds. The molecule has 1 unspecified atom stereocenters. The summed E-state index contributed by atoms with van der Waals surface area (Å²) in [6, 6.07) is 0. The van der Waals surface area contributed by atoms with Gasteiger partial charge in [-0.1, -0.05) is 6.92 Å². The third-order valence-corrected chi connectivity index (χ3v) is 3.47. The Morgan fingerprint density at radius 2 is 1.79 bits per heavy atom. The maximum atomic E-state index is 6.39. The molecule has 82 valence electrons. The zero-order chi connectivity index (χ0) is 10.6. The van der Waals surface area contributed by atoms with E-state index >= 15 is 0 Å². The second kappa shape index (κ2) is 3.10. The van der Waals surface area contributed by atoms with E-state index in [4.69, 9.17) is 21.1 Å². The van der Waals surface area contributed by atoms with Crippen LogP contribution in [0.1, 0.15) is 40.5 Å². The van der Waals surface area contributed by atoms with Gasteiger partial charge in [0.1, 0.15) is 0 Å². The maximum absolute atomic E-state index is 6.39. The molecule has 0 N–H and O–H groups in total. The lowest BCUT2D eigenvalue weighted by atomic mass is 9.79. The van der Waals surface area contributed by atoms with Crippen molar-refractivity contribution < 1.29 is 9.47 Å². The van der Waals surface area contributed by atoms with Gasteiger partial charge in [0.05, 0.1) is 12.2 Å². The van der Waals surface area contributed by atoms with Crippen LogP contribution < -0.4 is 0 Å². The summed E-state index contributed by atoms with van der Waals surface area (Å²) in [5.74, 6) is 0.0546. The molecule has 0 bridgehead atoms. The van der Waals surface area contributed by atoms with Gasteiger partial charge in [-0.2, -0.15) is 0 Å². The molecule has 1 aliphatic heterocycles. The highest BCUT2D eigenvalue weighted by Crippen LogP contribution is 2.45. The van der Waals surface area contributed by atoms with Gasteiger partial charge in [0, 0.05) is 4.87 Å². The predicted octanol–water partition coefficient (Wildman–Crippen LogP) is 2.93. The summed E-state index contributed by atoms with van der Waals surface area (Å²) in [6.07, 6.45) is 2.32. The van der Waals surface area contributed by atoms with Gasteiger partial charge in [0.15, 0.2) is 5.79 Å². The SMILES string of the molecule is C[C@@H]1CC(C)(Cl)C[C@H]2OC(C)(C)O[C@@H]12. The van der Waals surface area contributed by atoms with Gasteiger partial charge in [-0.3, -0.25) is 0 Å². The first-order chi connectivity index (χ1) is 6.29. The summed E-state index contributed by atoms with van der Waals surface area (Å²) in [5.41, 5.74) is 0. The molecule has 0 aromatic rings. The van der Waals surface area contributed by atoms with Crippen molar-refractivity contribution in [3.05, 3.63) is 0 Å². The number of ether oxygens (including phenoxy) is 2. The minimum atomic E-state index is -0.430. The van der Waals surface area contributed by atoms with Crippen molar-refractivity contribution in [3.8, 4) is 0 Å². The molecule has 2 nitrogen and oxygen atoms in total. The number of rotatable bonds is 0. The van der Waals surface area contributed by atoms with Gasteiger partial charge in [0.25, 0.3) is 0 Å². The average Bonchev–Trinajstić information content (AvgIpc) is 2.21. The van der Waals surface area contributed by atoms with Gasteiger partial charge >= 0.3 is 0 Å². The van der Waals surface area contributed by atoms with Crippen LogP contribution in [0.15, 0.2) is 0 Å². The van der Waals surface area contributed by atoms with Crippen LogP contribution in [0.3, 0.4) is 0 Å². The normalized spacial score (nSPS) is 51.6. The molecule has 2 fully saturated rings. The Morgan fingerprint density at radius 3 is 2.43 bits per heavy atom. The van der Waals surface area contributed by atoms with Crippen molar-refractivity contribution in [1.82, 2.24) is 0 Å². The Labute approximate surface area is 90.9 Å². The lowest BCUT2D eigenvalue weighted by molar-refractivity contribution is -0.148. The van der Waals surface area contributed by atoms with Gasteiger partial charge in [-0.25, -0.2) is 0 Å². The standard InChI is InChI=1S/C11H19ClO2/c1-7-5-11(4,12)6-8-9(7)14-10(2,3)13-8/h7-9H,5-6H2,1-4H3/t7-,8-,9+,11?/m1/s1. The lowest BCUT2D eigenvalue weighted by Gasteiger charge is -2.37. The molecule has 3 heteroatoms. The molecule has 4 atom stereocenters. The van der Waals surface area contributed by atoms with E-state index in [1.165, 1.54) is 0 Å². The van der Waals surface area contributed by atoms with Crippen LogP contribution in [-0.4, -0.2) is 22.9 Å². The van der Waals surface area contributed by atoms with Crippen LogP contribution in [0.4, 0.5) is 0 Å². The summed E-state index contributed by atoms with van der Waals surface area (Å²) in [5, 5.41) is 0. The molecule has 2 rings (SSSR count). The van der Waals surface area contributed by atoms with Crippen molar-refractivity contribution in [2.75, 3.05) is 0 Å². The van der Waals surface area contributed by atoms with Gasteiger partial charge in [0.2, 0.25) is 0 Å². The van der Waals surface area contributed by atoms with E-state index in [-0.39, 0.29) is 17.1 Å². The highest BCUT2D eigenvalue weighted by atomic mass is 35.5. The van der Waals surface area contributed by atoms with Crippen LogP contribution in [-0.2, 0) is 9.47 Å². The molecule has 0 radical (unpaired) electrons. The fourth-order valence-corrected chi connectivity index (χ4v) is 3.19. The van der Waals surface area contributed by atoms with E-state index in [1.54, 1.807) is 0 Å². The van der Waals surface area contributed by atoms with Gasteiger partial charge in [-0.05, 0) is 39.5 Å². The zero-order valence-electron chi connectivity index (χ0n) is 9.34. The molecule has 0 aromatic carbocycles. The van der Waals surface area contributed by atoms with E-state index in [2.05, 4.69) is 13.8 Å². The summed E-state index contributed by atoms with van der Waals surface area (Å²) in [6.45, 7) is 8.24. The Bertz CT molecular complexity index is 237. The van der Waals surface area contributed by atoms with E-state index in [9.17, 15) is 0 Å². The molecule has 14 heavy (non-hydrogen) atoms.